The maximum absolute atomic E-state index is 12.2. The van der Waals surface area contributed by atoms with E-state index in [2.05, 4.69) is 12.0 Å². The number of Topliss-reactive ketones (excluding diaryl/α,β-unsaturated/α-hetero) is 1. The van der Waals surface area contributed by atoms with Gasteiger partial charge < -0.3 is 0 Å². The maximum Gasteiger partial charge on any atom is 0.169 e. The van der Waals surface area contributed by atoms with E-state index in [9.17, 15) is 4.79 Å². The summed E-state index contributed by atoms with van der Waals surface area (Å²) in [6.07, 6.45) is 5.50. The van der Waals surface area contributed by atoms with Crippen LogP contribution in [-0.4, -0.2) is 15.4 Å². The van der Waals surface area contributed by atoms with Crippen molar-refractivity contribution in [1.82, 2.24) is 9.61 Å². The zero-order valence-electron chi connectivity index (χ0n) is 9.68. The number of hydrogen-bond acceptors (Lipinski definition) is 2. The smallest absolute Gasteiger partial charge is 0.169 e. The molecule has 0 amide bonds. The van der Waals surface area contributed by atoms with Crippen molar-refractivity contribution in [1.29, 1.82) is 0 Å². The highest BCUT2D eigenvalue weighted by Crippen LogP contribution is 2.17. The third kappa shape index (κ3) is 1.85. The van der Waals surface area contributed by atoms with Gasteiger partial charge in [-0.15, -0.1) is 0 Å². The molecule has 0 bridgehead atoms. The molecule has 16 heavy (non-hydrogen) atoms. The van der Waals surface area contributed by atoms with Crippen LogP contribution in [0.2, 0.25) is 0 Å². The summed E-state index contributed by atoms with van der Waals surface area (Å²) in [6, 6.07) is 5.76. The van der Waals surface area contributed by atoms with E-state index >= 15 is 0 Å². The fourth-order valence-electron chi connectivity index (χ4n) is 1.95. The summed E-state index contributed by atoms with van der Waals surface area (Å²) in [5.41, 5.74) is 1.64. The van der Waals surface area contributed by atoms with E-state index in [1.54, 1.807) is 10.7 Å². The van der Waals surface area contributed by atoms with Crippen molar-refractivity contribution in [2.24, 2.45) is 5.92 Å². The molecular formula is C13H16N2O. The number of carbonyl (C=O) groups excluding carboxylic acids is 1. The summed E-state index contributed by atoms with van der Waals surface area (Å²) in [7, 11) is 0. The first kappa shape index (κ1) is 10.9. The number of pyridine rings is 1. The number of rotatable bonds is 4. The van der Waals surface area contributed by atoms with Crippen LogP contribution in [0, 0.1) is 5.92 Å². The lowest BCUT2D eigenvalue weighted by molar-refractivity contribution is 0.0925. The lowest BCUT2D eigenvalue weighted by Crippen LogP contribution is -2.10. The van der Waals surface area contributed by atoms with Gasteiger partial charge in [0, 0.05) is 12.1 Å². The van der Waals surface area contributed by atoms with Crippen molar-refractivity contribution in [3.8, 4) is 0 Å². The Morgan fingerprint density at radius 1 is 1.50 bits per heavy atom. The molecule has 0 saturated carbocycles. The number of ketones is 1. The highest BCUT2D eigenvalue weighted by Gasteiger charge is 2.18. The van der Waals surface area contributed by atoms with Gasteiger partial charge in [0.05, 0.1) is 17.3 Å². The van der Waals surface area contributed by atoms with E-state index in [1.807, 2.05) is 31.3 Å². The van der Waals surface area contributed by atoms with Gasteiger partial charge in [0.2, 0.25) is 0 Å². The van der Waals surface area contributed by atoms with Crippen molar-refractivity contribution < 1.29 is 4.79 Å². The van der Waals surface area contributed by atoms with Crippen LogP contribution < -0.4 is 0 Å². The Hall–Kier alpha value is -1.64. The Labute approximate surface area is 95.1 Å². The normalized spacial score (nSPS) is 12.9. The molecule has 0 aromatic carbocycles. The van der Waals surface area contributed by atoms with Crippen molar-refractivity contribution in [3.63, 3.8) is 0 Å². The lowest BCUT2D eigenvalue weighted by atomic mass is 9.96. The summed E-state index contributed by atoms with van der Waals surface area (Å²) < 4.78 is 1.74. The third-order valence-corrected chi connectivity index (χ3v) is 2.86. The number of nitrogens with zero attached hydrogens (tertiary/aromatic N) is 2. The molecule has 0 fully saturated rings. The third-order valence-electron chi connectivity index (χ3n) is 2.86. The second-order valence-electron chi connectivity index (χ2n) is 4.14. The van der Waals surface area contributed by atoms with E-state index in [1.165, 1.54) is 0 Å². The highest BCUT2D eigenvalue weighted by atomic mass is 16.1. The average molecular weight is 216 g/mol. The van der Waals surface area contributed by atoms with Crippen LogP contribution in [0.15, 0.2) is 30.6 Å². The second kappa shape index (κ2) is 4.47. The Balaban J connectivity index is 2.36. The molecule has 84 valence electrons. The molecule has 1 atom stereocenters. The zero-order chi connectivity index (χ0) is 11.5. The van der Waals surface area contributed by atoms with Crippen LogP contribution in [0.25, 0.3) is 5.52 Å². The average Bonchev–Trinajstić information content (AvgIpc) is 2.72. The molecule has 3 heteroatoms. The molecule has 0 saturated heterocycles. The van der Waals surface area contributed by atoms with Crippen molar-refractivity contribution in [3.05, 3.63) is 36.2 Å². The summed E-state index contributed by atoms with van der Waals surface area (Å²) >= 11 is 0. The fourth-order valence-corrected chi connectivity index (χ4v) is 1.95. The second-order valence-corrected chi connectivity index (χ2v) is 4.14. The van der Waals surface area contributed by atoms with E-state index in [-0.39, 0.29) is 11.7 Å². The Bertz CT molecular complexity index is 501. The van der Waals surface area contributed by atoms with Crippen LogP contribution in [0.5, 0.6) is 0 Å². The molecule has 0 aliphatic carbocycles. The van der Waals surface area contributed by atoms with Crippen LogP contribution in [-0.2, 0) is 0 Å². The molecule has 1 unspecified atom stereocenters. The summed E-state index contributed by atoms with van der Waals surface area (Å²) in [5, 5.41) is 4.18. The predicted molar refractivity (Wildman–Crippen MR) is 63.6 cm³/mol. The van der Waals surface area contributed by atoms with Gasteiger partial charge in [-0.1, -0.05) is 26.3 Å². The molecule has 0 radical (unpaired) electrons. The molecule has 0 aliphatic heterocycles. The standard InChI is InChI=1S/C13H16N2O/c1-3-6-10(2)13(16)11-9-14-15-8-5-4-7-12(11)15/h4-5,7-10H,3,6H2,1-2H3. The van der Waals surface area contributed by atoms with Gasteiger partial charge in [-0.3, -0.25) is 4.79 Å². The number of aromatic nitrogens is 2. The summed E-state index contributed by atoms with van der Waals surface area (Å²) in [5.74, 6) is 0.279. The van der Waals surface area contributed by atoms with Crippen LogP contribution >= 0.6 is 0 Å². The number of carbonyl (C=O) groups is 1. The maximum atomic E-state index is 12.2. The van der Waals surface area contributed by atoms with E-state index in [0.717, 1.165) is 23.9 Å². The van der Waals surface area contributed by atoms with Crippen LogP contribution in [0.4, 0.5) is 0 Å². The van der Waals surface area contributed by atoms with Crippen LogP contribution in [0.3, 0.4) is 0 Å². The molecular weight excluding hydrogens is 200 g/mol. The fraction of sp³-hybridized carbons (Fsp3) is 0.385. The van der Waals surface area contributed by atoms with Gasteiger partial charge in [-0.2, -0.15) is 5.10 Å². The van der Waals surface area contributed by atoms with E-state index in [4.69, 9.17) is 0 Å². The van der Waals surface area contributed by atoms with Crippen LogP contribution in [0.1, 0.15) is 37.0 Å². The number of fused-ring (bicyclic) bond motifs is 1. The molecule has 3 nitrogen and oxygen atoms in total. The minimum absolute atomic E-state index is 0.0817. The van der Waals surface area contributed by atoms with E-state index in [0.29, 0.717) is 0 Å². The first-order valence-corrected chi connectivity index (χ1v) is 5.70. The Morgan fingerprint density at radius 2 is 2.31 bits per heavy atom. The first-order chi connectivity index (χ1) is 7.74. The zero-order valence-corrected chi connectivity index (χ0v) is 9.68. The van der Waals surface area contributed by atoms with Gasteiger partial charge in [0.15, 0.2) is 5.78 Å². The highest BCUT2D eigenvalue weighted by molar-refractivity contribution is 6.03. The topological polar surface area (TPSA) is 34.4 Å². The molecule has 2 aromatic rings. The summed E-state index contributed by atoms with van der Waals surface area (Å²) in [6.45, 7) is 4.08. The SMILES string of the molecule is CCCC(C)C(=O)c1cnn2ccccc12. The van der Waals surface area contributed by atoms with E-state index < -0.39 is 0 Å². The van der Waals surface area contributed by atoms with Gasteiger partial charge in [0.1, 0.15) is 0 Å². The first-order valence-electron chi connectivity index (χ1n) is 5.70. The van der Waals surface area contributed by atoms with Gasteiger partial charge in [0.25, 0.3) is 0 Å². The molecule has 2 heterocycles. The Kier molecular flexibility index (Phi) is 3.04. The van der Waals surface area contributed by atoms with Crippen molar-refractivity contribution >= 4 is 11.3 Å². The minimum atomic E-state index is 0.0817. The quantitative estimate of drug-likeness (QED) is 0.736. The minimum Gasteiger partial charge on any atom is -0.294 e. The van der Waals surface area contributed by atoms with Gasteiger partial charge in [-0.25, -0.2) is 4.52 Å². The van der Waals surface area contributed by atoms with Crippen molar-refractivity contribution in [2.75, 3.05) is 0 Å². The van der Waals surface area contributed by atoms with Gasteiger partial charge in [-0.05, 0) is 18.6 Å². The Morgan fingerprint density at radius 3 is 3.06 bits per heavy atom. The molecule has 0 aliphatic rings. The predicted octanol–water partition coefficient (Wildman–Crippen LogP) is 2.95. The lowest BCUT2D eigenvalue weighted by Gasteiger charge is -2.07. The number of hydrogen-bond donors (Lipinski definition) is 0. The molecule has 2 aromatic heterocycles. The van der Waals surface area contributed by atoms with Gasteiger partial charge >= 0.3 is 0 Å². The molecule has 0 spiro atoms. The summed E-state index contributed by atoms with van der Waals surface area (Å²) in [4.78, 5) is 12.2. The largest absolute Gasteiger partial charge is 0.294 e. The molecule has 2 rings (SSSR count). The van der Waals surface area contributed by atoms with Crippen molar-refractivity contribution in [2.45, 2.75) is 26.7 Å². The monoisotopic (exact) mass is 216 g/mol. The molecule has 0 N–H and O–H groups in total.